The largest absolute Gasteiger partial charge is 0.506 e. The van der Waals surface area contributed by atoms with Crippen LogP contribution in [-0.4, -0.2) is 45.7 Å². The number of amides is 2. The van der Waals surface area contributed by atoms with Crippen LogP contribution in [0.4, 0.5) is 0 Å². The van der Waals surface area contributed by atoms with E-state index in [1.165, 1.54) is 24.4 Å². The standard InChI is InChI=1S/C25H26ClN5O3/c1-2-3-12-30(13-5-11-27)24(33)17-31-14-10-20-19(6-4-7-22(20)31)16-28-29-25(34)18-8-9-23(32)21(26)15-18/h4,6-10,14-16,32H,2-3,5,12-13,17H2,1H3,(H,29,34)/b28-16+. The van der Waals surface area contributed by atoms with Crippen molar-refractivity contribution in [2.45, 2.75) is 32.7 Å². The number of hydrogen-bond acceptors (Lipinski definition) is 5. The zero-order chi connectivity index (χ0) is 24.5. The normalized spacial score (nSPS) is 11.0. The third-order valence-corrected chi connectivity index (χ3v) is 5.66. The lowest BCUT2D eigenvalue weighted by molar-refractivity contribution is -0.131. The van der Waals surface area contributed by atoms with Gasteiger partial charge in [0.25, 0.3) is 5.91 Å². The molecule has 2 aromatic carbocycles. The van der Waals surface area contributed by atoms with E-state index in [0.717, 1.165) is 29.3 Å². The summed E-state index contributed by atoms with van der Waals surface area (Å²) in [6.07, 6.45) is 5.56. The van der Waals surface area contributed by atoms with Crippen LogP contribution in [0.15, 0.2) is 53.8 Å². The number of hydrogen-bond donors (Lipinski definition) is 2. The molecule has 9 heteroatoms. The second-order valence-electron chi connectivity index (χ2n) is 7.73. The molecule has 0 aliphatic heterocycles. The Balaban J connectivity index is 1.72. The minimum absolute atomic E-state index is 0.0277. The maximum Gasteiger partial charge on any atom is 0.271 e. The summed E-state index contributed by atoms with van der Waals surface area (Å²) in [5.74, 6) is -0.590. The highest BCUT2D eigenvalue weighted by Crippen LogP contribution is 2.23. The van der Waals surface area contributed by atoms with Crippen molar-refractivity contribution in [3.05, 3.63) is 64.8 Å². The Kier molecular flexibility index (Phi) is 8.66. The summed E-state index contributed by atoms with van der Waals surface area (Å²) in [5.41, 5.74) is 4.36. The van der Waals surface area contributed by atoms with E-state index in [0.29, 0.717) is 19.5 Å². The summed E-state index contributed by atoms with van der Waals surface area (Å²) in [7, 11) is 0. The summed E-state index contributed by atoms with van der Waals surface area (Å²) < 4.78 is 1.87. The number of hydrazone groups is 1. The van der Waals surface area contributed by atoms with E-state index in [9.17, 15) is 14.7 Å². The number of phenols is 1. The van der Waals surface area contributed by atoms with Crippen molar-refractivity contribution >= 4 is 40.5 Å². The van der Waals surface area contributed by atoms with Gasteiger partial charge in [-0.05, 0) is 36.8 Å². The lowest BCUT2D eigenvalue weighted by atomic mass is 10.1. The van der Waals surface area contributed by atoms with Crippen LogP contribution < -0.4 is 5.43 Å². The highest BCUT2D eigenvalue weighted by atomic mass is 35.5. The summed E-state index contributed by atoms with van der Waals surface area (Å²) in [6, 6.07) is 13.8. The molecule has 0 saturated heterocycles. The first-order chi connectivity index (χ1) is 16.4. The molecular formula is C25H26ClN5O3. The van der Waals surface area contributed by atoms with Crippen LogP contribution in [0, 0.1) is 11.3 Å². The number of benzene rings is 2. The first-order valence-corrected chi connectivity index (χ1v) is 11.4. The fourth-order valence-corrected chi connectivity index (χ4v) is 3.69. The highest BCUT2D eigenvalue weighted by molar-refractivity contribution is 6.32. The van der Waals surface area contributed by atoms with Gasteiger partial charge < -0.3 is 14.6 Å². The van der Waals surface area contributed by atoms with Gasteiger partial charge in [0.2, 0.25) is 5.91 Å². The Labute approximate surface area is 203 Å². The quantitative estimate of drug-likeness (QED) is 0.333. The molecule has 1 aromatic heterocycles. The number of fused-ring (bicyclic) bond motifs is 1. The summed E-state index contributed by atoms with van der Waals surface area (Å²) in [5, 5.41) is 23.4. The predicted molar refractivity (Wildman–Crippen MR) is 132 cm³/mol. The Hall–Kier alpha value is -3.83. The van der Waals surface area contributed by atoms with Gasteiger partial charge >= 0.3 is 0 Å². The molecule has 176 valence electrons. The lowest BCUT2D eigenvalue weighted by Gasteiger charge is -2.22. The number of halogens is 1. The molecule has 3 rings (SSSR count). The first-order valence-electron chi connectivity index (χ1n) is 11.0. The number of carbonyl (C=O) groups is 2. The molecule has 1 heterocycles. The number of nitriles is 1. The van der Waals surface area contributed by atoms with Crippen molar-refractivity contribution in [3.63, 3.8) is 0 Å². The van der Waals surface area contributed by atoms with Gasteiger partial charge in [-0.2, -0.15) is 10.4 Å². The number of nitrogens with zero attached hydrogens (tertiary/aromatic N) is 4. The van der Waals surface area contributed by atoms with Gasteiger partial charge in [0, 0.05) is 41.3 Å². The molecule has 2 N–H and O–H groups in total. The minimum atomic E-state index is -0.460. The Bertz CT molecular complexity index is 1250. The zero-order valence-electron chi connectivity index (χ0n) is 18.9. The van der Waals surface area contributed by atoms with E-state index >= 15 is 0 Å². The van der Waals surface area contributed by atoms with Gasteiger partial charge in [0.05, 0.1) is 23.7 Å². The van der Waals surface area contributed by atoms with Gasteiger partial charge in [0.1, 0.15) is 12.3 Å². The third kappa shape index (κ3) is 6.15. The lowest BCUT2D eigenvalue weighted by Crippen LogP contribution is -2.35. The number of rotatable bonds is 10. The van der Waals surface area contributed by atoms with E-state index in [4.69, 9.17) is 16.9 Å². The van der Waals surface area contributed by atoms with E-state index in [-0.39, 0.29) is 28.8 Å². The monoisotopic (exact) mass is 479 g/mol. The fourth-order valence-electron chi connectivity index (χ4n) is 3.51. The van der Waals surface area contributed by atoms with E-state index in [2.05, 4.69) is 23.5 Å². The smallest absolute Gasteiger partial charge is 0.271 e. The van der Waals surface area contributed by atoms with Gasteiger partial charge in [0.15, 0.2) is 0 Å². The Morgan fingerprint density at radius 2 is 2.09 bits per heavy atom. The van der Waals surface area contributed by atoms with Crippen LogP contribution in [0.2, 0.25) is 5.02 Å². The van der Waals surface area contributed by atoms with Crippen molar-refractivity contribution in [2.75, 3.05) is 13.1 Å². The second-order valence-corrected chi connectivity index (χ2v) is 8.14. The van der Waals surface area contributed by atoms with Gasteiger partial charge in [-0.3, -0.25) is 9.59 Å². The predicted octanol–water partition coefficient (Wildman–Crippen LogP) is 4.31. The molecule has 0 atom stereocenters. The molecule has 0 saturated carbocycles. The van der Waals surface area contributed by atoms with Crippen LogP contribution in [-0.2, 0) is 11.3 Å². The van der Waals surface area contributed by atoms with Crippen LogP contribution in [0.3, 0.4) is 0 Å². The molecule has 0 radical (unpaired) electrons. The molecule has 3 aromatic rings. The average Bonchev–Trinajstić information content (AvgIpc) is 3.24. The van der Waals surface area contributed by atoms with E-state index in [1.54, 1.807) is 4.90 Å². The molecule has 2 amide bonds. The minimum Gasteiger partial charge on any atom is -0.506 e. The average molecular weight is 480 g/mol. The first kappa shape index (κ1) is 24.8. The third-order valence-electron chi connectivity index (χ3n) is 5.36. The van der Waals surface area contributed by atoms with Gasteiger partial charge in [-0.1, -0.05) is 37.1 Å². The molecule has 0 aliphatic rings. The summed E-state index contributed by atoms with van der Waals surface area (Å²) in [6.45, 7) is 3.31. The maximum absolute atomic E-state index is 12.9. The fraction of sp³-hybridized carbons (Fsp3) is 0.280. The molecule has 0 fully saturated rings. The molecule has 0 bridgehead atoms. The Morgan fingerprint density at radius 3 is 2.82 bits per heavy atom. The number of aromatic nitrogens is 1. The molecule has 8 nitrogen and oxygen atoms in total. The number of carbonyl (C=O) groups excluding carboxylic acids is 2. The molecule has 34 heavy (non-hydrogen) atoms. The SMILES string of the molecule is CCCCN(CCC#N)C(=O)Cn1ccc2c(/C=N/NC(=O)c3ccc(O)c(Cl)c3)cccc21. The van der Waals surface area contributed by atoms with Crippen LogP contribution in [0.25, 0.3) is 10.9 Å². The van der Waals surface area contributed by atoms with Crippen molar-refractivity contribution in [1.82, 2.24) is 14.9 Å². The van der Waals surface area contributed by atoms with Crippen molar-refractivity contribution < 1.29 is 14.7 Å². The van der Waals surface area contributed by atoms with Gasteiger partial charge in [-0.15, -0.1) is 0 Å². The van der Waals surface area contributed by atoms with Crippen molar-refractivity contribution in [3.8, 4) is 11.8 Å². The van der Waals surface area contributed by atoms with E-state index < -0.39 is 5.91 Å². The molecule has 0 unspecified atom stereocenters. The second kappa shape index (κ2) is 11.9. The van der Waals surface area contributed by atoms with Gasteiger partial charge in [-0.25, -0.2) is 5.43 Å². The maximum atomic E-state index is 12.9. The van der Waals surface area contributed by atoms with Crippen LogP contribution >= 0.6 is 11.6 Å². The van der Waals surface area contributed by atoms with Crippen LogP contribution in [0.1, 0.15) is 42.1 Å². The number of phenolic OH excluding ortho intramolecular Hbond substituents is 1. The highest BCUT2D eigenvalue weighted by Gasteiger charge is 2.15. The molecule has 0 aliphatic carbocycles. The van der Waals surface area contributed by atoms with E-state index in [1.807, 2.05) is 35.0 Å². The zero-order valence-corrected chi connectivity index (χ0v) is 19.6. The van der Waals surface area contributed by atoms with Crippen LogP contribution in [0.5, 0.6) is 5.75 Å². The number of unbranched alkanes of at least 4 members (excludes halogenated alkanes) is 1. The molecule has 0 spiro atoms. The summed E-state index contributed by atoms with van der Waals surface area (Å²) >= 11 is 5.85. The number of nitrogens with one attached hydrogen (secondary N) is 1. The van der Waals surface area contributed by atoms with Crippen molar-refractivity contribution in [2.24, 2.45) is 5.10 Å². The Morgan fingerprint density at radius 1 is 1.26 bits per heavy atom. The topological polar surface area (TPSA) is 111 Å². The summed E-state index contributed by atoms with van der Waals surface area (Å²) in [4.78, 5) is 26.9. The molecular weight excluding hydrogens is 454 g/mol. The van der Waals surface area contributed by atoms with Crippen molar-refractivity contribution in [1.29, 1.82) is 5.26 Å². The number of aromatic hydroxyl groups is 1.